The van der Waals surface area contributed by atoms with Gasteiger partial charge >= 0.3 is 6.36 Å². The SMILES string of the molecule is Cc1cc(N)ccc1/C=C/c1ncn(-c2ccc(OC(F)(F)F)cc2)n1. The number of rotatable bonds is 4. The summed E-state index contributed by atoms with van der Waals surface area (Å²) in [5.74, 6) is 0.178. The molecule has 0 atom stereocenters. The van der Waals surface area contributed by atoms with E-state index in [-0.39, 0.29) is 5.75 Å². The zero-order valence-electron chi connectivity index (χ0n) is 13.7. The Hall–Kier alpha value is -3.29. The van der Waals surface area contributed by atoms with Crippen LogP contribution in [0.1, 0.15) is 17.0 Å². The largest absolute Gasteiger partial charge is 0.573 e. The number of nitrogen functional groups attached to an aromatic ring is 1. The number of anilines is 1. The van der Waals surface area contributed by atoms with Crippen molar-refractivity contribution in [1.29, 1.82) is 0 Å². The molecule has 2 aromatic carbocycles. The van der Waals surface area contributed by atoms with Crippen molar-refractivity contribution in [3.8, 4) is 11.4 Å². The first kappa shape index (κ1) is 17.5. The Balaban J connectivity index is 1.74. The molecule has 0 amide bonds. The highest BCUT2D eigenvalue weighted by molar-refractivity contribution is 5.69. The predicted octanol–water partition coefficient (Wildman–Crippen LogP) is 4.23. The number of ether oxygens (including phenoxy) is 1. The number of aryl methyl sites for hydroxylation is 1. The van der Waals surface area contributed by atoms with Crippen LogP contribution in [-0.2, 0) is 0 Å². The van der Waals surface area contributed by atoms with Gasteiger partial charge in [-0.3, -0.25) is 0 Å². The first-order valence-electron chi connectivity index (χ1n) is 7.62. The lowest BCUT2D eigenvalue weighted by atomic mass is 10.1. The maximum atomic E-state index is 12.2. The maximum absolute atomic E-state index is 12.2. The van der Waals surface area contributed by atoms with E-state index in [0.717, 1.165) is 11.1 Å². The van der Waals surface area contributed by atoms with Crippen molar-refractivity contribution < 1.29 is 17.9 Å². The predicted molar refractivity (Wildman–Crippen MR) is 92.6 cm³/mol. The smallest absolute Gasteiger partial charge is 0.406 e. The minimum Gasteiger partial charge on any atom is -0.406 e. The summed E-state index contributed by atoms with van der Waals surface area (Å²) in [6.45, 7) is 1.95. The Labute approximate surface area is 147 Å². The summed E-state index contributed by atoms with van der Waals surface area (Å²) < 4.78 is 41.8. The van der Waals surface area contributed by atoms with Gasteiger partial charge in [-0.05, 0) is 60.5 Å². The monoisotopic (exact) mass is 360 g/mol. The van der Waals surface area contributed by atoms with Gasteiger partial charge in [0.05, 0.1) is 5.69 Å². The molecule has 0 unspecified atom stereocenters. The van der Waals surface area contributed by atoms with Crippen molar-refractivity contribution >= 4 is 17.8 Å². The van der Waals surface area contributed by atoms with Crippen molar-refractivity contribution in [3.63, 3.8) is 0 Å². The van der Waals surface area contributed by atoms with Crippen LogP contribution in [0.3, 0.4) is 0 Å². The second kappa shape index (κ2) is 6.91. The third-order valence-electron chi connectivity index (χ3n) is 3.55. The highest BCUT2D eigenvalue weighted by Gasteiger charge is 2.30. The Kier molecular flexibility index (Phi) is 4.66. The van der Waals surface area contributed by atoms with Crippen molar-refractivity contribution in [2.24, 2.45) is 0 Å². The van der Waals surface area contributed by atoms with E-state index in [1.165, 1.54) is 35.3 Å². The number of hydrogen-bond acceptors (Lipinski definition) is 4. The van der Waals surface area contributed by atoms with Gasteiger partial charge < -0.3 is 10.5 Å². The standard InChI is InChI=1S/C18H15F3N4O/c1-12-10-14(22)4-2-13(12)3-9-17-23-11-25(24-17)15-5-7-16(8-6-15)26-18(19,20)21/h2-11H,22H2,1H3/b9-3+. The Morgan fingerprint density at radius 1 is 1.08 bits per heavy atom. The van der Waals surface area contributed by atoms with E-state index in [1.54, 1.807) is 6.08 Å². The summed E-state index contributed by atoms with van der Waals surface area (Å²) in [5, 5.41) is 4.28. The zero-order valence-corrected chi connectivity index (χ0v) is 13.7. The molecule has 5 nitrogen and oxygen atoms in total. The minimum atomic E-state index is -4.72. The third kappa shape index (κ3) is 4.41. The van der Waals surface area contributed by atoms with Crippen LogP contribution in [0.4, 0.5) is 18.9 Å². The minimum absolute atomic E-state index is 0.291. The molecule has 0 aliphatic carbocycles. The fourth-order valence-electron chi connectivity index (χ4n) is 2.33. The summed E-state index contributed by atoms with van der Waals surface area (Å²) in [6.07, 6.45) is 0.382. The summed E-state index contributed by atoms with van der Waals surface area (Å²) >= 11 is 0. The Morgan fingerprint density at radius 3 is 2.46 bits per heavy atom. The lowest BCUT2D eigenvalue weighted by Crippen LogP contribution is -2.17. The van der Waals surface area contributed by atoms with Gasteiger partial charge in [0.2, 0.25) is 0 Å². The van der Waals surface area contributed by atoms with Gasteiger partial charge in [-0.15, -0.1) is 18.3 Å². The van der Waals surface area contributed by atoms with Crippen LogP contribution in [0, 0.1) is 6.92 Å². The molecule has 0 aliphatic heterocycles. The van der Waals surface area contributed by atoms with Crippen molar-refractivity contribution in [2.45, 2.75) is 13.3 Å². The number of alkyl halides is 3. The Morgan fingerprint density at radius 2 is 1.81 bits per heavy atom. The fourth-order valence-corrected chi connectivity index (χ4v) is 2.33. The quantitative estimate of drug-likeness (QED) is 0.707. The molecule has 0 fully saturated rings. The molecule has 2 N–H and O–H groups in total. The first-order valence-corrected chi connectivity index (χ1v) is 7.62. The average molecular weight is 360 g/mol. The van der Waals surface area contributed by atoms with E-state index in [1.807, 2.05) is 31.2 Å². The molecular weight excluding hydrogens is 345 g/mol. The topological polar surface area (TPSA) is 66.0 Å². The molecule has 3 rings (SSSR count). The third-order valence-corrected chi connectivity index (χ3v) is 3.55. The molecule has 134 valence electrons. The first-order chi connectivity index (χ1) is 12.3. The van der Waals surface area contributed by atoms with E-state index >= 15 is 0 Å². The van der Waals surface area contributed by atoms with Crippen molar-refractivity contribution in [3.05, 3.63) is 65.7 Å². The van der Waals surface area contributed by atoms with Gasteiger partial charge in [0, 0.05) is 5.69 Å². The van der Waals surface area contributed by atoms with E-state index in [2.05, 4.69) is 14.8 Å². The van der Waals surface area contributed by atoms with Crippen LogP contribution in [0.15, 0.2) is 48.8 Å². The van der Waals surface area contributed by atoms with E-state index < -0.39 is 6.36 Å². The van der Waals surface area contributed by atoms with Gasteiger partial charge in [0.25, 0.3) is 0 Å². The molecule has 0 spiro atoms. The molecule has 0 bridgehead atoms. The van der Waals surface area contributed by atoms with Gasteiger partial charge in [0.15, 0.2) is 5.82 Å². The highest BCUT2D eigenvalue weighted by atomic mass is 19.4. The molecule has 0 aliphatic rings. The van der Waals surface area contributed by atoms with Crippen LogP contribution in [0.2, 0.25) is 0 Å². The second-order valence-corrected chi connectivity index (χ2v) is 5.54. The molecular formula is C18H15F3N4O. The van der Waals surface area contributed by atoms with E-state index in [4.69, 9.17) is 5.73 Å². The van der Waals surface area contributed by atoms with Crippen LogP contribution in [0.5, 0.6) is 5.75 Å². The van der Waals surface area contributed by atoms with Gasteiger partial charge in [0.1, 0.15) is 12.1 Å². The van der Waals surface area contributed by atoms with Crippen LogP contribution in [-0.4, -0.2) is 21.1 Å². The number of benzene rings is 2. The number of aromatic nitrogens is 3. The lowest BCUT2D eigenvalue weighted by molar-refractivity contribution is -0.274. The summed E-state index contributed by atoms with van der Waals surface area (Å²) in [7, 11) is 0. The van der Waals surface area contributed by atoms with Crippen molar-refractivity contribution in [2.75, 3.05) is 5.73 Å². The number of nitrogens with two attached hydrogens (primary N) is 1. The Bertz CT molecular complexity index is 930. The van der Waals surface area contributed by atoms with E-state index in [0.29, 0.717) is 17.2 Å². The van der Waals surface area contributed by atoms with Crippen LogP contribution in [0.25, 0.3) is 17.8 Å². The van der Waals surface area contributed by atoms with Crippen molar-refractivity contribution in [1.82, 2.24) is 14.8 Å². The van der Waals surface area contributed by atoms with Crippen LogP contribution >= 0.6 is 0 Å². The fraction of sp³-hybridized carbons (Fsp3) is 0.111. The second-order valence-electron chi connectivity index (χ2n) is 5.54. The summed E-state index contributed by atoms with van der Waals surface area (Å²) in [4.78, 5) is 4.17. The maximum Gasteiger partial charge on any atom is 0.573 e. The van der Waals surface area contributed by atoms with Gasteiger partial charge in [-0.2, -0.15) is 0 Å². The summed E-state index contributed by atoms with van der Waals surface area (Å²) in [6, 6.07) is 11.0. The number of halogens is 3. The molecule has 1 aromatic heterocycles. The zero-order chi connectivity index (χ0) is 18.7. The average Bonchev–Trinajstić information content (AvgIpc) is 3.02. The van der Waals surface area contributed by atoms with Gasteiger partial charge in [-0.1, -0.05) is 12.1 Å². The molecule has 0 radical (unpaired) electrons. The highest BCUT2D eigenvalue weighted by Crippen LogP contribution is 2.23. The lowest BCUT2D eigenvalue weighted by Gasteiger charge is -2.09. The normalized spacial score (nSPS) is 11.8. The summed E-state index contributed by atoms with van der Waals surface area (Å²) in [5.41, 5.74) is 9.00. The molecule has 0 saturated carbocycles. The molecule has 26 heavy (non-hydrogen) atoms. The molecule has 1 heterocycles. The molecule has 8 heteroatoms. The number of nitrogens with zero attached hydrogens (tertiary/aromatic N) is 3. The van der Waals surface area contributed by atoms with Gasteiger partial charge in [-0.25, -0.2) is 9.67 Å². The molecule has 0 saturated heterocycles. The van der Waals surface area contributed by atoms with E-state index in [9.17, 15) is 13.2 Å². The number of hydrogen-bond donors (Lipinski definition) is 1. The molecule has 3 aromatic rings. The van der Waals surface area contributed by atoms with Crippen LogP contribution < -0.4 is 10.5 Å².